The summed E-state index contributed by atoms with van der Waals surface area (Å²) in [7, 11) is 0. The fraction of sp³-hybridized carbons (Fsp3) is 0.294. The van der Waals surface area contributed by atoms with Crippen LogP contribution in [0.5, 0.6) is 0 Å². The summed E-state index contributed by atoms with van der Waals surface area (Å²) in [4.78, 5) is 1.12. The summed E-state index contributed by atoms with van der Waals surface area (Å²) in [5, 5.41) is 0. The average molecular weight is 307 g/mol. The van der Waals surface area contributed by atoms with Crippen molar-refractivity contribution in [2.24, 2.45) is 5.73 Å². The lowest BCUT2D eigenvalue weighted by molar-refractivity contribution is 0.506. The quantitative estimate of drug-likeness (QED) is 0.797. The van der Waals surface area contributed by atoms with Gasteiger partial charge in [-0.15, -0.1) is 11.8 Å². The molecule has 2 N–H and O–H groups in total. The monoisotopic (exact) mass is 307 g/mol. The summed E-state index contributed by atoms with van der Waals surface area (Å²) in [6, 6.07) is 11.8. The number of halogens is 2. The molecular formula is C17H19F2NS. The fourth-order valence-electron chi connectivity index (χ4n) is 1.97. The molecule has 1 atom stereocenters. The third-order valence-corrected chi connectivity index (χ3v) is 4.48. The molecule has 2 aromatic carbocycles. The molecule has 0 aliphatic heterocycles. The first-order chi connectivity index (χ1) is 9.97. The summed E-state index contributed by atoms with van der Waals surface area (Å²) < 4.78 is 26.1. The third-order valence-electron chi connectivity index (χ3n) is 3.35. The second-order valence-electron chi connectivity index (χ2n) is 5.31. The first-order valence-corrected chi connectivity index (χ1v) is 7.89. The van der Waals surface area contributed by atoms with Crippen LogP contribution in [0, 0.1) is 11.6 Å². The predicted molar refractivity (Wildman–Crippen MR) is 84.5 cm³/mol. The lowest BCUT2D eigenvalue weighted by atomic mass is 10.0. The molecule has 0 aliphatic carbocycles. The molecule has 0 bridgehead atoms. The molecule has 0 saturated carbocycles. The van der Waals surface area contributed by atoms with Gasteiger partial charge in [0.05, 0.1) is 0 Å². The zero-order valence-corrected chi connectivity index (χ0v) is 13.0. The number of hydrogen-bond donors (Lipinski definition) is 1. The van der Waals surface area contributed by atoms with Crippen LogP contribution >= 0.6 is 11.8 Å². The second kappa shape index (κ2) is 7.05. The maximum atomic E-state index is 13.2. The van der Waals surface area contributed by atoms with Gasteiger partial charge >= 0.3 is 0 Å². The maximum Gasteiger partial charge on any atom is 0.159 e. The molecule has 1 nitrogen and oxygen atoms in total. The van der Waals surface area contributed by atoms with Gasteiger partial charge in [-0.25, -0.2) is 8.78 Å². The van der Waals surface area contributed by atoms with Crippen molar-refractivity contribution in [1.82, 2.24) is 0 Å². The lowest BCUT2D eigenvalue weighted by Crippen LogP contribution is -2.13. The highest BCUT2D eigenvalue weighted by Crippen LogP contribution is 2.26. The summed E-state index contributed by atoms with van der Waals surface area (Å²) in [5.41, 5.74) is 7.94. The zero-order chi connectivity index (χ0) is 15.4. The molecule has 0 radical (unpaired) electrons. The number of benzene rings is 2. The minimum atomic E-state index is -0.853. The van der Waals surface area contributed by atoms with E-state index in [1.54, 1.807) is 11.8 Å². The van der Waals surface area contributed by atoms with E-state index in [4.69, 9.17) is 5.73 Å². The zero-order valence-electron chi connectivity index (χ0n) is 12.1. The molecule has 4 heteroatoms. The molecule has 2 aromatic rings. The van der Waals surface area contributed by atoms with Crippen LogP contribution < -0.4 is 5.73 Å². The Hall–Kier alpha value is -1.39. The van der Waals surface area contributed by atoms with Gasteiger partial charge in [-0.3, -0.25) is 0 Å². The Morgan fingerprint density at radius 3 is 2.14 bits per heavy atom. The Labute approximate surface area is 128 Å². The molecule has 0 aromatic heterocycles. The topological polar surface area (TPSA) is 26.0 Å². The van der Waals surface area contributed by atoms with Crippen molar-refractivity contribution < 1.29 is 8.78 Å². The molecule has 21 heavy (non-hydrogen) atoms. The Balaban J connectivity index is 1.97. The first kappa shape index (κ1) is 16.0. The van der Waals surface area contributed by atoms with E-state index in [9.17, 15) is 8.78 Å². The smallest absolute Gasteiger partial charge is 0.159 e. The van der Waals surface area contributed by atoms with Crippen LogP contribution in [0.3, 0.4) is 0 Å². The predicted octanol–water partition coefficient (Wildman–Crippen LogP) is 4.88. The van der Waals surface area contributed by atoms with Crippen molar-refractivity contribution >= 4 is 11.8 Å². The molecule has 0 saturated heterocycles. The highest BCUT2D eigenvalue weighted by atomic mass is 32.2. The Morgan fingerprint density at radius 2 is 1.57 bits per heavy atom. The maximum absolute atomic E-state index is 13.2. The number of thioether (sulfide) groups is 1. The molecule has 0 aliphatic rings. The molecule has 0 fully saturated rings. The fourth-order valence-corrected chi connectivity index (χ4v) is 2.87. The van der Waals surface area contributed by atoms with E-state index in [1.165, 1.54) is 17.7 Å². The minimum absolute atomic E-state index is 0.324. The van der Waals surface area contributed by atoms with Crippen LogP contribution in [-0.4, -0.2) is 5.75 Å². The summed E-state index contributed by atoms with van der Waals surface area (Å²) in [5.74, 6) is -0.572. The van der Waals surface area contributed by atoms with Crippen molar-refractivity contribution in [3.8, 4) is 0 Å². The summed E-state index contributed by atoms with van der Waals surface area (Å²) >= 11 is 1.61. The molecular weight excluding hydrogens is 288 g/mol. The molecule has 0 amide bonds. The number of hydrogen-bond acceptors (Lipinski definition) is 2. The van der Waals surface area contributed by atoms with Gasteiger partial charge in [0, 0.05) is 16.7 Å². The highest BCUT2D eigenvalue weighted by Gasteiger charge is 2.10. The van der Waals surface area contributed by atoms with Crippen molar-refractivity contribution in [3.05, 3.63) is 65.2 Å². The van der Waals surface area contributed by atoms with Crippen LogP contribution in [0.25, 0.3) is 0 Å². The van der Waals surface area contributed by atoms with Crippen LogP contribution in [0.4, 0.5) is 8.78 Å². The summed E-state index contributed by atoms with van der Waals surface area (Å²) in [6.07, 6.45) is 0. The van der Waals surface area contributed by atoms with Gasteiger partial charge in [-0.05, 0) is 41.3 Å². The Bertz CT molecular complexity index is 596. The molecule has 0 heterocycles. The Morgan fingerprint density at radius 1 is 0.952 bits per heavy atom. The molecule has 0 spiro atoms. The van der Waals surface area contributed by atoms with E-state index < -0.39 is 11.6 Å². The molecule has 1 unspecified atom stereocenters. The highest BCUT2D eigenvalue weighted by molar-refractivity contribution is 7.99. The molecule has 112 valence electrons. The lowest BCUT2D eigenvalue weighted by Gasteiger charge is -2.12. The summed E-state index contributed by atoms with van der Waals surface area (Å²) in [6.45, 7) is 4.31. The average Bonchev–Trinajstić information content (AvgIpc) is 2.48. The van der Waals surface area contributed by atoms with Crippen molar-refractivity contribution in [1.29, 1.82) is 0 Å². The van der Waals surface area contributed by atoms with E-state index in [2.05, 4.69) is 38.1 Å². The van der Waals surface area contributed by atoms with E-state index in [0.717, 1.165) is 11.0 Å². The Kier molecular flexibility index (Phi) is 5.37. The normalized spacial score (nSPS) is 12.7. The third kappa shape index (κ3) is 4.29. The van der Waals surface area contributed by atoms with Crippen LogP contribution in [0.2, 0.25) is 0 Å². The largest absolute Gasteiger partial charge is 0.323 e. The number of rotatable bonds is 5. The second-order valence-corrected chi connectivity index (χ2v) is 6.41. The standard InChI is InChI=1S/C17H19F2NS/c1-11(2)12-3-6-14(7-4-12)21-10-17(20)13-5-8-15(18)16(19)9-13/h3-9,11,17H,10,20H2,1-2H3. The van der Waals surface area contributed by atoms with E-state index in [-0.39, 0.29) is 6.04 Å². The van der Waals surface area contributed by atoms with Crippen molar-refractivity contribution in [2.75, 3.05) is 5.75 Å². The number of nitrogens with two attached hydrogens (primary N) is 1. The van der Waals surface area contributed by atoms with Gasteiger partial charge in [0.15, 0.2) is 11.6 Å². The van der Waals surface area contributed by atoms with Gasteiger partial charge in [0.2, 0.25) is 0 Å². The van der Waals surface area contributed by atoms with Crippen LogP contribution in [0.15, 0.2) is 47.4 Å². The van der Waals surface area contributed by atoms with Gasteiger partial charge in [-0.1, -0.05) is 32.0 Å². The van der Waals surface area contributed by atoms with Gasteiger partial charge in [0.25, 0.3) is 0 Å². The van der Waals surface area contributed by atoms with Crippen molar-refractivity contribution in [2.45, 2.75) is 30.7 Å². The van der Waals surface area contributed by atoms with Gasteiger partial charge in [-0.2, -0.15) is 0 Å². The van der Waals surface area contributed by atoms with Crippen LogP contribution in [-0.2, 0) is 0 Å². The minimum Gasteiger partial charge on any atom is -0.323 e. The van der Waals surface area contributed by atoms with E-state index in [1.807, 2.05) is 0 Å². The van der Waals surface area contributed by atoms with E-state index >= 15 is 0 Å². The first-order valence-electron chi connectivity index (χ1n) is 6.90. The molecule has 2 rings (SSSR count). The van der Waals surface area contributed by atoms with Crippen molar-refractivity contribution in [3.63, 3.8) is 0 Å². The van der Waals surface area contributed by atoms with Crippen LogP contribution in [0.1, 0.15) is 36.9 Å². The van der Waals surface area contributed by atoms with Gasteiger partial charge in [0.1, 0.15) is 0 Å². The van der Waals surface area contributed by atoms with E-state index in [0.29, 0.717) is 17.2 Å². The van der Waals surface area contributed by atoms with Gasteiger partial charge < -0.3 is 5.73 Å². The SMILES string of the molecule is CC(C)c1ccc(SCC(N)c2ccc(F)c(F)c2)cc1.